The first kappa shape index (κ1) is 14.9. The van der Waals surface area contributed by atoms with Crippen molar-refractivity contribution in [2.75, 3.05) is 19.8 Å². The number of fused-ring (bicyclic) bond motifs is 1. The summed E-state index contributed by atoms with van der Waals surface area (Å²) in [4.78, 5) is 0. The molecule has 3 nitrogen and oxygen atoms in total. The van der Waals surface area contributed by atoms with Crippen LogP contribution in [0.2, 0.25) is 0 Å². The summed E-state index contributed by atoms with van der Waals surface area (Å²) in [5, 5.41) is 3.70. The number of nitrogens with one attached hydrogen (secondary N) is 1. The second-order valence-electron chi connectivity index (χ2n) is 6.42. The van der Waals surface area contributed by atoms with E-state index >= 15 is 0 Å². The minimum atomic E-state index is 0.287. The van der Waals surface area contributed by atoms with E-state index in [-0.39, 0.29) is 6.10 Å². The van der Waals surface area contributed by atoms with E-state index in [1.165, 1.54) is 24.0 Å². The Bertz CT molecular complexity index is 468. The summed E-state index contributed by atoms with van der Waals surface area (Å²) in [6, 6.07) is 6.98. The second kappa shape index (κ2) is 6.80. The van der Waals surface area contributed by atoms with Crippen LogP contribution >= 0.6 is 0 Å². The summed E-state index contributed by atoms with van der Waals surface area (Å²) in [7, 11) is 0. The lowest BCUT2D eigenvalue weighted by Gasteiger charge is -2.38. The highest BCUT2D eigenvalue weighted by Gasteiger charge is 2.34. The summed E-state index contributed by atoms with van der Waals surface area (Å²) in [6.07, 6.45) is 4.90. The minimum Gasteiger partial charge on any atom is -0.490 e. The van der Waals surface area contributed by atoms with Gasteiger partial charge in [-0.3, -0.25) is 0 Å². The van der Waals surface area contributed by atoms with Crippen LogP contribution in [0, 0.1) is 12.8 Å². The quantitative estimate of drug-likeness (QED) is 0.918. The molecule has 1 aromatic carbocycles. The molecular formula is C18H27NO2. The molecule has 116 valence electrons. The molecular weight excluding hydrogens is 262 g/mol. The van der Waals surface area contributed by atoms with E-state index in [1.54, 1.807) is 0 Å². The van der Waals surface area contributed by atoms with Gasteiger partial charge >= 0.3 is 0 Å². The van der Waals surface area contributed by atoms with Crippen LogP contribution in [-0.2, 0) is 4.74 Å². The largest absolute Gasteiger partial charge is 0.490 e. The van der Waals surface area contributed by atoms with Gasteiger partial charge in [-0.15, -0.1) is 0 Å². The molecule has 21 heavy (non-hydrogen) atoms. The number of aryl methyl sites for hydroxylation is 1. The summed E-state index contributed by atoms with van der Waals surface area (Å²) >= 11 is 0. The molecule has 1 fully saturated rings. The van der Waals surface area contributed by atoms with E-state index in [0.717, 1.165) is 38.3 Å². The normalized spacial score (nSPS) is 28.8. The van der Waals surface area contributed by atoms with E-state index in [9.17, 15) is 0 Å². The van der Waals surface area contributed by atoms with Gasteiger partial charge in [-0.1, -0.05) is 24.6 Å². The number of rotatable bonds is 4. The van der Waals surface area contributed by atoms with E-state index in [1.807, 2.05) is 0 Å². The predicted molar refractivity (Wildman–Crippen MR) is 84.8 cm³/mol. The summed E-state index contributed by atoms with van der Waals surface area (Å²) in [5.74, 6) is 1.61. The van der Waals surface area contributed by atoms with Gasteiger partial charge in [0.2, 0.25) is 0 Å². The maximum atomic E-state index is 6.32. The number of hydrogen-bond acceptors (Lipinski definition) is 3. The molecule has 0 radical (unpaired) electrons. The van der Waals surface area contributed by atoms with Crippen molar-refractivity contribution in [2.24, 2.45) is 5.92 Å². The van der Waals surface area contributed by atoms with Gasteiger partial charge in [0.15, 0.2) is 0 Å². The molecule has 3 atom stereocenters. The zero-order valence-electron chi connectivity index (χ0n) is 13.2. The molecule has 1 aromatic rings. The highest BCUT2D eigenvalue weighted by atomic mass is 16.5. The third-order valence-electron chi connectivity index (χ3n) is 4.65. The van der Waals surface area contributed by atoms with Gasteiger partial charge in [0.05, 0.1) is 6.61 Å². The Morgan fingerprint density at radius 3 is 3.00 bits per heavy atom. The van der Waals surface area contributed by atoms with Crippen molar-refractivity contribution >= 4 is 0 Å². The molecule has 0 spiro atoms. The van der Waals surface area contributed by atoms with Gasteiger partial charge in [0, 0.05) is 30.6 Å². The topological polar surface area (TPSA) is 30.5 Å². The lowest BCUT2D eigenvalue weighted by molar-refractivity contribution is -0.0111. The van der Waals surface area contributed by atoms with Crippen LogP contribution in [0.15, 0.2) is 18.2 Å². The first-order chi connectivity index (χ1) is 10.3. The van der Waals surface area contributed by atoms with Crippen molar-refractivity contribution in [3.8, 4) is 5.75 Å². The van der Waals surface area contributed by atoms with Gasteiger partial charge in [0.1, 0.15) is 11.9 Å². The lowest BCUT2D eigenvalue weighted by Crippen LogP contribution is -2.40. The Labute approximate surface area is 128 Å². The summed E-state index contributed by atoms with van der Waals surface area (Å²) in [5.41, 5.74) is 2.64. The second-order valence-corrected chi connectivity index (χ2v) is 6.42. The molecule has 2 aliphatic heterocycles. The molecule has 3 rings (SSSR count). The van der Waals surface area contributed by atoms with Crippen LogP contribution in [0.1, 0.15) is 49.8 Å². The standard InChI is InChI=1S/C18H27NO2/c1-3-8-19-16-11-18(14-5-4-9-20-12-14)21-17-7-6-13(2)10-15(16)17/h6-7,10,14,16,18-19H,3-5,8-9,11-12H2,1-2H3. The molecule has 1 N–H and O–H groups in total. The maximum absolute atomic E-state index is 6.32. The number of benzene rings is 1. The predicted octanol–water partition coefficient (Wildman–Crippen LogP) is 3.61. The van der Waals surface area contributed by atoms with Gasteiger partial charge in [-0.05, 0) is 38.8 Å². The third-order valence-corrected chi connectivity index (χ3v) is 4.65. The molecule has 3 unspecified atom stereocenters. The average molecular weight is 289 g/mol. The Kier molecular flexibility index (Phi) is 4.81. The van der Waals surface area contributed by atoms with Crippen LogP contribution in [-0.4, -0.2) is 25.9 Å². The zero-order chi connectivity index (χ0) is 14.7. The van der Waals surface area contributed by atoms with Crippen molar-refractivity contribution in [3.63, 3.8) is 0 Å². The van der Waals surface area contributed by atoms with Crippen LogP contribution in [0.3, 0.4) is 0 Å². The fourth-order valence-electron chi connectivity index (χ4n) is 3.48. The Morgan fingerprint density at radius 2 is 2.24 bits per heavy atom. The Balaban J connectivity index is 1.80. The van der Waals surface area contributed by atoms with Gasteiger partial charge < -0.3 is 14.8 Å². The van der Waals surface area contributed by atoms with Crippen molar-refractivity contribution in [1.29, 1.82) is 0 Å². The molecule has 2 aliphatic rings. The highest BCUT2D eigenvalue weighted by molar-refractivity contribution is 5.41. The van der Waals surface area contributed by atoms with Crippen LogP contribution < -0.4 is 10.1 Å². The molecule has 0 aliphatic carbocycles. The Hall–Kier alpha value is -1.06. The Morgan fingerprint density at radius 1 is 1.33 bits per heavy atom. The third kappa shape index (κ3) is 3.41. The monoisotopic (exact) mass is 289 g/mol. The summed E-state index contributed by atoms with van der Waals surface area (Å²) < 4.78 is 12.0. The fraction of sp³-hybridized carbons (Fsp3) is 0.667. The first-order valence-electron chi connectivity index (χ1n) is 8.36. The number of ether oxygens (including phenoxy) is 2. The van der Waals surface area contributed by atoms with Crippen molar-refractivity contribution in [1.82, 2.24) is 5.32 Å². The smallest absolute Gasteiger partial charge is 0.124 e. The zero-order valence-corrected chi connectivity index (χ0v) is 13.2. The van der Waals surface area contributed by atoms with Crippen LogP contribution in [0.4, 0.5) is 0 Å². The number of hydrogen-bond donors (Lipinski definition) is 1. The molecule has 0 bridgehead atoms. The van der Waals surface area contributed by atoms with E-state index in [2.05, 4.69) is 37.4 Å². The molecule has 0 aromatic heterocycles. The van der Waals surface area contributed by atoms with Gasteiger partial charge in [0.25, 0.3) is 0 Å². The maximum Gasteiger partial charge on any atom is 0.124 e. The van der Waals surface area contributed by atoms with Crippen molar-refractivity contribution in [2.45, 2.75) is 51.7 Å². The highest BCUT2D eigenvalue weighted by Crippen LogP contribution is 2.39. The fourth-order valence-corrected chi connectivity index (χ4v) is 3.48. The first-order valence-corrected chi connectivity index (χ1v) is 8.36. The van der Waals surface area contributed by atoms with E-state index in [0.29, 0.717) is 12.0 Å². The molecule has 2 heterocycles. The SMILES string of the molecule is CCCNC1CC(C2CCCOC2)Oc2ccc(C)cc21. The molecule has 3 heteroatoms. The average Bonchev–Trinajstić information content (AvgIpc) is 2.53. The van der Waals surface area contributed by atoms with Crippen molar-refractivity contribution in [3.05, 3.63) is 29.3 Å². The molecule has 1 saturated heterocycles. The van der Waals surface area contributed by atoms with Crippen LogP contribution in [0.25, 0.3) is 0 Å². The van der Waals surface area contributed by atoms with Crippen LogP contribution in [0.5, 0.6) is 5.75 Å². The van der Waals surface area contributed by atoms with Gasteiger partial charge in [-0.25, -0.2) is 0 Å². The van der Waals surface area contributed by atoms with E-state index in [4.69, 9.17) is 9.47 Å². The van der Waals surface area contributed by atoms with Gasteiger partial charge in [-0.2, -0.15) is 0 Å². The summed E-state index contributed by atoms with van der Waals surface area (Å²) in [6.45, 7) is 7.20. The van der Waals surface area contributed by atoms with E-state index < -0.39 is 0 Å². The minimum absolute atomic E-state index is 0.287. The lowest BCUT2D eigenvalue weighted by atomic mass is 9.86. The molecule has 0 amide bonds. The molecule has 0 saturated carbocycles. The van der Waals surface area contributed by atoms with Crippen molar-refractivity contribution < 1.29 is 9.47 Å².